The molecule has 1 aliphatic heterocycles. The molecule has 1 fully saturated rings. The van der Waals surface area contributed by atoms with E-state index >= 15 is 0 Å². The first-order chi connectivity index (χ1) is 7.48. The van der Waals surface area contributed by atoms with E-state index in [1.165, 1.54) is 0 Å². The summed E-state index contributed by atoms with van der Waals surface area (Å²) in [5.41, 5.74) is 0.478. The molecule has 2 rings (SSSR count). The van der Waals surface area contributed by atoms with Crippen molar-refractivity contribution in [2.24, 2.45) is 0 Å². The maximum absolute atomic E-state index is 11.9. The SMILES string of the molecule is O=C(c1cc(Br)c[nH]1)N1CCS(=O)(=O)CC1. The maximum atomic E-state index is 11.9. The van der Waals surface area contributed by atoms with Crippen LogP contribution < -0.4 is 0 Å². The number of nitrogens with zero attached hydrogens (tertiary/aromatic N) is 1. The van der Waals surface area contributed by atoms with Crippen LogP contribution in [-0.2, 0) is 9.84 Å². The molecule has 1 aromatic rings. The Bertz CT molecular complexity index is 495. The average molecular weight is 307 g/mol. The normalized spacial score (nSPS) is 19.7. The number of carbonyl (C=O) groups is 1. The second-order valence-corrected chi connectivity index (χ2v) is 6.89. The molecule has 1 aliphatic rings. The topological polar surface area (TPSA) is 70.2 Å². The minimum atomic E-state index is -2.94. The van der Waals surface area contributed by atoms with Crippen molar-refractivity contribution < 1.29 is 13.2 Å². The number of hydrogen-bond acceptors (Lipinski definition) is 3. The number of aromatic amines is 1. The molecule has 2 heterocycles. The van der Waals surface area contributed by atoms with E-state index in [1.54, 1.807) is 17.2 Å². The maximum Gasteiger partial charge on any atom is 0.270 e. The summed E-state index contributed by atoms with van der Waals surface area (Å²) in [5.74, 6) is -0.0399. The van der Waals surface area contributed by atoms with Gasteiger partial charge in [-0.25, -0.2) is 8.42 Å². The van der Waals surface area contributed by atoms with E-state index in [9.17, 15) is 13.2 Å². The standard InChI is InChI=1S/C9H11BrN2O3S/c10-7-5-8(11-6-7)9(13)12-1-3-16(14,15)4-2-12/h5-6,11H,1-4H2. The number of nitrogens with one attached hydrogen (secondary N) is 1. The molecule has 0 radical (unpaired) electrons. The third-order valence-electron chi connectivity index (χ3n) is 2.51. The monoisotopic (exact) mass is 306 g/mol. The van der Waals surface area contributed by atoms with Crippen LogP contribution in [0.15, 0.2) is 16.7 Å². The molecule has 0 saturated carbocycles. The molecule has 0 aliphatic carbocycles. The Morgan fingerprint density at radius 3 is 2.50 bits per heavy atom. The Balaban J connectivity index is 2.07. The van der Waals surface area contributed by atoms with E-state index in [4.69, 9.17) is 0 Å². The molecular formula is C9H11BrN2O3S. The highest BCUT2D eigenvalue weighted by Gasteiger charge is 2.26. The lowest BCUT2D eigenvalue weighted by atomic mass is 10.3. The van der Waals surface area contributed by atoms with Crippen molar-refractivity contribution >= 4 is 31.7 Å². The summed E-state index contributed by atoms with van der Waals surface area (Å²) in [6, 6.07) is 1.69. The summed E-state index contributed by atoms with van der Waals surface area (Å²) in [5, 5.41) is 0. The first kappa shape index (κ1) is 11.7. The van der Waals surface area contributed by atoms with E-state index in [0.29, 0.717) is 5.69 Å². The molecule has 5 nitrogen and oxygen atoms in total. The number of carbonyl (C=O) groups excluding carboxylic acids is 1. The second-order valence-electron chi connectivity index (χ2n) is 3.68. The summed E-state index contributed by atoms with van der Waals surface area (Å²) < 4.78 is 23.2. The molecule has 0 bridgehead atoms. The van der Waals surface area contributed by atoms with Crippen LogP contribution in [0.5, 0.6) is 0 Å². The van der Waals surface area contributed by atoms with E-state index in [1.807, 2.05) is 0 Å². The third kappa shape index (κ3) is 2.46. The number of sulfone groups is 1. The van der Waals surface area contributed by atoms with Crippen molar-refractivity contribution in [3.05, 3.63) is 22.4 Å². The van der Waals surface area contributed by atoms with Gasteiger partial charge in [-0.15, -0.1) is 0 Å². The Morgan fingerprint density at radius 2 is 2.00 bits per heavy atom. The predicted molar refractivity (Wildman–Crippen MR) is 63.1 cm³/mol. The van der Waals surface area contributed by atoms with Gasteiger partial charge >= 0.3 is 0 Å². The van der Waals surface area contributed by atoms with Crippen LogP contribution in [0.25, 0.3) is 0 Å². The van der Waals surface area contributed by atoms with Crippen LogP contribution in [0.2, 0.25) is 0 Å². The van der Waals surface area contributed by atoms with Crippen molar-refractivity contribution in [3.63, 3.8) is 0 Å². The Hall–Kier alpha value is -0.820. The van der Waals surface area contributed by atoms with Crippen molar-refractivity contribution in [1.82, 2.24) is 9.88 Å². The number of hydrogen-bond donors (Lipinski definition) is 1. The molecule has 88 valence electrons. The fraction of sp³-hybridized carbons (Fsp3) is 0.444. The van der Waals surface area contributed by atoms with Gasteiger partial charge < -0.3 is 9.88 Å². The molecule has 16 heavy (non-hydrogen) atoms. The summed E-state index contributed by atoms with van der Waals surface area (Å²) >= 11 is 3.24. The average Bonchev–Trinajstić information content (AvgIpc) is 2.64. The molecule has 0 spiro atoms. The van der Waals surface area contributed by atoms with Gasteiger partial charge in [0.1, 0.15) is 5.69 Å². The molecule has 0 atom stereocenters. The molecule has 7 heteroatoms. The largest absolute Gasteiger partial charge is 0.356 e. The van der Waals surface area contributed by atoms with Gasteiger partial charge in [0.2, 0.25) is 0 Å². The molecule has 1 aromatic heterocycles. The van der Waals surface area contributed by atoms with Crippen LogP contribution in [0.3, 0.4) is 0 Å². The van der Waals surface area contributed by atoms with Gasteiger partial charge in [-0.05, 0) is 22.0 Å². The van der Waals surface area contributed by atoms with Gasteiger partial charge in [-0.2, -0.15) is 0 Å². The van der Waals surface area contributed by atoms with Gasteiger partial charge in [0.15, 0.2) is 9.84 Å². The van der Waals surface area contributed by atoms with Crippen LogP contribution in [0.1, 0.15) is 10.5 Å². The highest BCUT2D eigenvalue weighted by molar-refractivity contribution is 9.10. The molecule has 0 aromatic carbocycles. The van der Waals surface area contributed by atoms with Crippen molar-refractivity contribution in [3.8, 4) is 0 Å². The van der Waals surface area contributed by atoms with Crippen LogP contribution in [0, 0.1) is 0 Å². The second kappa shape index (κ2) is 4.21. The van der Waals surface area contributed by atoms with Crippen LogP contribution >= 0.6 is 15.9 Å². The zero-order valence-electron chi connectivity index (χ0n) is 8.44. The molecule has 0 unspecified atom stereocenters. The highest BCUT2D eigenvalue weighted by Crippen LogP contribution is 2.14. The first-order valence-electron chi connectivity index (χ1n) is 4.81. The summed E-state index contributed by atoms with van der Waals surface area (Å²) in [7, 11) is -2.94. The fourth-order valence-electron chi connectivity index (χ4n) is 1.58. The Morgan fingerprint density at radius 1 is 1.38 bits per heavy atom. The smallest absolute Gasteiger partial charge is 0.270 e. The van der Waals surface area contributed by atoms with Crippen LogP contribution in [0.4, 0.5) is 0 Å². The Labute approximate surface area is 102 Å². The summed E-state index contributed by atoms with van der Waals surface area (Å²) in [6.45, 7) is 0.551. The zero-order valence-corrected chi connectivity index (χ0v) is 10.8. The van der Waals surface area contributed by atoms with Gasteiger partial charge in [0.05, 0.1) is 11.5 Å². The van der Waals surface area contributed by atoms with E-state index in [-0.39, 0.29) is 30.5 Å². The van der Waals surface area contributed by atoms with E-state index in [2.05, 4.69) is 20.9 Å². The molecule has 1 saturated heterocycles. The number of H-pyrrole nitrogens is 1. The number of amides is 1. The summed E-state index contributed by atoms with van der Waals surface area (Å²) in [6.07, 6.45) is 1.67. The number of rotatable bonds is 1. The van der Waals surface area contributed by atoms with Gasteiger partial charge in [-0.1, -0.05) is 0 Å². The van der Waals surface area contributed by atoms with Gasteiger partial charge in [0, 0.05) is 23.8 Å². The minimum absolute atomic E-state index is 0.0562. The third-order valence-corrected chi connectivity index (χ3v) is 4.58. The van der Waals surface area contributed by atoms with Gasteiger partial charge in [0.25, 0.3) is 5.91 Å². The molecular weight excluding hydrogens is 296 g/mol. The molecule has 1 amide bonds. The molecule has 1 N–H and O–H groups in total. The zero-order chi connectivity index (χ0) is 11.8. The fourth-order valence-corrected chi connectivity index (χ4v) is 3.12. The quantitative estimate of drug-likeness (QED) is 0.828. The Kier molecular flexibility index (Phi) is 3.07. The first-order valence-corrected chi connectivity index (χ1v) is 7.43. The van der Waals surface area contributed by atoms with E-state index < -0.39 is 9.84 Å². The van der Waals surface area contributed by atoms with Crippen molar-refractivity contribution in [2.45, 2.75) is 0 Å². The highest BCUT2D eigenvalue weighted by atomic mass is 79.9. The predicted octanol–water partition coefficient (Wildman–Crippen LogP) is 0.648. The van der Waals surface area contributed by atoms with Crippen molar-refractivity contribution in [2.75, 3.05) is 24.6 Å². The van der Waals surface area contributed by atoms with E-state index in [0.717, 1.165) is 4.47 Å². The number of halogens is 1. The van der Waals surface area contributed by atoms with Gasteiger partial charge in [-0.3, -0.25) is 4.79 Å². The lowest BCUT2D eigenvalue weighted by Gasteiger charge is -2.26. The lowest BCUT2D eigenvalue weighted by molar-refractivity contribution is 0.0765. The number of aromatic nitrogens is 1. The van der Waals surface area contributed by atoms with Crippen LogP contribution in [-0.4, -0.2) is 48.8 Å². The van der Waals surface area contributed by atoms with Crippen molar-refractivity contribution in [1.29, 1.82) is 0 Å². The minimum Gasteiger partial charge on any atom is -0.356 e. The lowest BCUT2D eigenvalue weighted by Crippen LogP contribution is -2.43. The summed E-state index contributed by atoms with van der Waals surface area (Å²) in [4.78, 5) is 16.3.